The molecule has 0 aliphatic heterocycles. The van der Waals surface area contributed by atoms with E-state index in [1.54, 1.807) is 33.7 Å². The molecule has 0 spiro atoms. The summed E-state index contributed by atoms with van der Waals surface area (Å²) in [5, 5.41) is 3.79. The number of nitrogens with zero attached hydrogens (tertiary/aromatic N) is 5. The minimum Gasteiger partial charge on any atom is -0.309 e. The molecule has 0 amide bonds. The van der Waals surface area contributed by atoms with Crippen molar-refractivity contribution >= 4 is 87.2 Å². The minimum atomic E-state index is -0.471. The Morgan fingerprint density at radius 2 is 0.537 bits per heavy atom. The first-order chi connectivity index (χ1) is 39.2. The Balaban J connectivity index is 0.000000145. The molecule has 11 heteroatoms. The van der Waals surface area contributed by atoms with Crippen LogP contribution in [0.4, 0.5) is 8.78 Å². The molecule has 0 aliphatic carbocycles. The van der Waals surface area contributed by atoms with E-state index >= 15 is 0 Å². The van der Waals surface area contributed by atoms with Gasteiger partial charge in [-0.1, -0.05) is 91.0 Å². The van der Waals surface area contributed by atoms with Crippen molar-refractivity contribution in [2.75, 3.05) is 0 Å². The van der Waals surface area contributed by atoms with E-state index in [0.29, 0.717) is 76.2 Å². The van der Waals surface area contributed by atoms with Crippen LogP contribution in [0, 0.1) is 11.6 Å². The molecule has 80 heavy (non-hydrogen) atoms. The van der Waals surface area contributed by atoms with Gasteiger partial charge in [0, 0.05) is 78.2 Å². The standard InChI is InChI=1S/C37H23N3O2.C32H18F2N2O2/c41-36-28-10-4-6-12-32(28)39(26-8-2-1-3-9-26)34-22-31-35(23-30(34)36)40(33-13-7-5-11-29(33)37(31)42)27-16-14-24(15-17-27)25-18-20-38-21-19-25;33-19-11-13-23-27(15-19)35(21-7-3-1-4-8-21)29-17-26-30(18-25(29)31(23)37)36(22-9-5-2-6-10-22)28-16-20(34)12-14-24(28)32(26)38/h1-23H;1-18H. The first kappa shape index (κ1) is 47.5. The second-order valence-electron chi connectivity index (χ2n) is 19.6. The van der Waals surface area contributed by atoms with Crippen LogP contribution in [0.1, 0.15) is 0 Å². The van der Waals surface area contributed by atoms with Crippen molar-refractivity contribution in [3.8, 4) is 33.9 Å². The fourth-order valence-corrected chi connectivity index (χ4v) is 11.4. The van der Waals surface area contributed by atoms with Crippen LogP contribution in [0.2, 0.25) is 0 Å². The number of halogens is 2. The Bertz CT molecular complexity index is 5120. The maximum atomic E-state index is 14.4. The largest absolute Gasteiger partial charge is 0.309 e. The third-order valence-electron chi connectivity index (χ3n) is 15.0. The number of aromatic nitrogens is 5. The van der Waals surface area contributed by atoms with Gasteiger partial charge in [-0.3, -0.25) is 24.2 Å². The predicted molar refractivity (Wildman–Crippen MR) is 318 cm³/mol. The van der Waals surface area contributed by atoms with E-state index in [9.17, 15) is 28.0 Å². The van der Waals surface area contributed by atoms with Gasteiger partial charge in [0.2, 0.25) is 0 Å². The third-order valence-corrected chi connectivity index (χ3v) is 15.0. The summed E-state index contributed by atoms with van der Waals surface area (Å²) in [4.78, 5) is 59.8. The summed E-state index contributed by atoms with van der Waals surface area (Å²) in [5.41, 5.74) is 9.45. The number of fused-ring (bicyclic) bond motifs is 8. The number of hydrogen-bond acceptors (Lipinski definition) is 5. The van der Waals surface area contributed by atoms with Gasteiger partial charge in [0.05, 0.1) is 44.1 Å². The molecular formula is C69H41F2N5O4. The predicted octanol–water partition coefficient (Wildman–Crippen LogP) is 14.5. The van der Waals surface area contributed by atoms with Crippen LogP contribution in [0.25, 0.3) is 121 Å². The van der Waals surface area contributed by atoms with Gasteiger partial charge in [0.25, 0.3) is 0 Å². The van der Waals surface area contributed by atoms with Crippen molar-refractivity contribution in [3.63, 3.8) is 0 Å². The molecule has 0 bridgehead atoms. The van der Waals surface area contributed by atoms with Gasteiger partial charge < -0.3 is 18.3 Å². The Morgan fingerprint density at radius 3 is 0.912 bits per heavy atom. The monoisotopic (exact) mass is 1040 g/mol. The van der Waals surface area contributed by atoms with Gasteiger partial charge in [0.15, 0.2) is 21.7 Å². The van der Waals surface area contributed by atoms with Crippen LogP contribution in [-0.2, 0) is 0 Å². The first-order valence-electron chi connectivity index (χ1n) is 25.9. The summed E-state index contributed by atoms with van der Waals surface area (Å²) in [6.07, 6.45) is 3.56. The van der Waals surface area contributed by atoms with E-state index in [0.717, 1.165) is 44.9 Å². The van der Waals surface area contributed by atoms with Gasteiger partial charge in [-0.25, -0.2) is 8.78 Å². The van der Waals surface area contributed by atoms with Gasteiger partial charge in [-0.15, -0.1) is 0 Å². The molecule has 0 aliphatic rings. The average Bonchev–Trinajstić information content (AvgIpc) is 3.62. The molecule has 15 rings (SSSR count). The summed E-state index contributed by atoms with van der Waals surface area (Å²) in [6, 6.07) is 71.4. The number of pyridine rings is 5. The van der Waals surface area contributed by atoms with Crippen molar-refractivity contribution in [3.05, 3.63) is 302 Å². The van der Waals surface area contributed by atoms with Crippen LogP contribution in [0.5, 0.6) is 0 Å². The van der Waals surface area contributed by atoms with E-state index in [-0.39, 0.29) is 21.7 Å². The zero-order valence-corrected chi connectivity index (χ0v) is 42.3. The molecule has 5 heterocycles. The van der Waals surface area contributed by atoms with E-state index < -0.39 is 11.6 Å². The summed E-state index contributed by atoms with van der Waals surface area (Å²) in [5.74, 6) is -0.942. The Hall–Kier alpha value is -10.9. The summed E-state index contributed by atoms with van der Waals surface area (Å²) >= 11 is 0. The molecule has 0 atom stereocenters. The van der Waals surface area contributed by atoms with Crippen molar-refractivity contribution < 1.29 is 8.78 Å². The van der Waals surface area contributed by atoms with Gasteiger partial charge in [-0.05, 0) is 157 Å². The molecule has 5 aromatic heterocycles. The number of rotatable bonds is 5. The lowest BCUT2D eigenvalue weighted by Crippen LogP contribution is -2.15. The van der Waals surface area contributed by atoms with Crippen molar-refractivity contribution in [1.82, 2.24) is 23.3 Å². The molecule has 0 fully saturated rings. The van der Waals surface area contributed by atoms with E-state index in [1.807, 2.05) is 164 Å². The lowest BCUT2D eigenvalue weighted by atomic mass is 10.0. The highest BCUT2D eigenvalue weighted by Crippen LogP contribution is 2.34. The third kappa shape index (κ3) is 7.70. The maximum absolute atomic E-state index is 14.4. The highest BCUT2D eigenvalue weighted by Gasteiger charge is 2.21. The van der Waals surface area contributed by atoms with Gasteiger partial charge in [0.1, 0.15) is 11.6 Å². The van der Waals surface area contributed by atoms with Crippen molar-refractivity contribution in [1.29, 1.82) is 0 Å². The number of benzene rings is 10. The van der Waals surface area contributed by atoms with E-state index in [4.69, 9.17) is 0 Å². The van der Waals surface area contributed by atoms with E-state index in [1.165, 1.54) is 36.4 Å². The lowest BCUT2D eigenvalue weighted by molar-refractivity contribution is 0.628. The summed E-state index contributed by atoms with van der Waals surface area (Å²) in [6.45, 7) is 0. The van der Waals surface area contributed by atoms with Crippen LogP contribution in [0.3, 0.4) is 0 Å². The van der Waals surface area contributed by atoms with Crippen LogP contribution in [-0.4, -0.2) is 23.3 Å². The molecule has 0 saturated carbocycles. The molecule has 15 aromatic rings. The quantitative estimate of drug-likeness (QED) is 0.160. The minimum absolute atomic E-state index is 0.0603. The average molecular weight is 1040 g/mol. The van der Waals surface area contributed by atoms with Crippen molar-refractivity contribution in [2.45, 2.75) is 0 Å². The molecular weight excluding hydrogens is 1000 g/mol. The smallest absolute Gasteiger partial charge is 0.197 e. The lowest BCUT2D eigenvalue weighted by Gasteiger charge is -2.19. The second kappa shape index (κ2) is 19.0. The Morgan fingerprint density at radius 1 is 0.250 bits per heavy atom. The van der Waals surface area contributed by atoms with E-state index in [2.05, 4.69) is 38.4 Å². The zero-order chi connectivity index (χ0) is 54.2. The molecule has 380 valence electrons. The molecule has 0 saturated heterocycles. The summed E-state index contributed by atoms with van der Waals surface area (Å²) in [7, 11) is 0. The fraction of sp³-hybridized carbons (Fsp3) is 0. The molecule has 0 radical (unpaired) electrons. The topological polar surface area (TPSA) is 101 Å². The molecule has 10 aromatic carbocycles. The first-order valence-corrected chi connectivity index (χ1v) is 25.9. The molecule has 9 nitrogen and oxygen atoms in total. The second-order valence-corrected chi connectivity index (χ2v) is 19.6. The van der Waals surface area contributed by atoms with Crippen LogP contribution in [0.15, 0.2) is 268 Å². The SMILES string of the molecule is O=c1c2ccc(F)cc2n(-c2ccccc2)c2cc3c(=O)c4ccc(F)cc4n(-c4ccccc4)c3cc12.O=c1c2ccccc2n(-c2ccccc2)c2cc3c(=O)c4ccccc4n(-c4ccc(-c5ccncc5)cc4)c3cc12. The Kier molecular flexibility index (Phi) is 11.3. The highest BCUT2D eigenvalue weighted by molar-refractivity contribution is 6.07. The Labute approximate surface area is 452 Å². The zero-order valence-electron chi connectivity index (χ0n) is 42.3. The normalized spacial score (nSPS) is 11.6. The van der Waals surface area contributed by atoms with Crippen LogP contribution >= 0.6 is 0 Å². The summed E-state index contributed by atoms with van der Waals surface area (Å²) < 4.78 is 36.6. The maximum Gasteiger partial charge on any atom is 0.197 e. The fourth-order valence-electron chi connectivity index (χ4n) is 11.4. The molecule has 0 unspecified atom stereocenters. The highest BCUT2D eigenvalue weighted by atomic mass is 19.1. The number of hydrogen-bond donors (Lipinski definition) is 0. The van der Waals surface area contributed by atoms with Gasteiger partial charge >= 0.3 is 0 Å². The van der Waals surface area contributed by atoms with Crippen LogP contribution < -0.4 is 21.7 Å². The molecule has 0 N–H and O–H groups in total. The van der Waals surface area contributed by atoms with Gasteiger partial charge in [-0.2, -0.15) is 0 Å². The van der Waals surface area contributed by atoms with Crippen molar-refractivity contribution in [2.24, 2.45) is 0 Å². The number of para-hydroxylation sites is 5.